The molecule has 0 spiro atoms. The molecule has 0 fully saturated rings. The maximum absolute atomic E-state index is 2.71. The molecule has 5 aromatic carbocycles. The van der Waals surface area contributed by atoms with Gasteiger partial charge in [0.15, 0.2) is 0 Å². The van der Waals surface area contributed by atoms with E-state index in [4.69, 9.17) is 0 Å². The minimum absolute atomic E-state index is 0.0774. The molecule has 54 heavy (non-hydrogen) atoms. The van der Waals surface area contributed by atoms with E-state index in [0.29, 0.717) is 0 Å². The summed E-state index contributed by atoms with van der Waals surface area (Å²) in [7, 11) is -4.25. The molecule has 0 amide bonds. The van der Waals surface area contributed by atoms with Gasteiger partial charge in [0.1, 0.15) is 16.1 Å². The van der Waals surface area contributed by atoms with E-state index in [1.54, 1.807) is 48.3 Å². The van der Waals surface area contributed by atoms with E-state index in [-0.39, 0.29) is 12.1 Å². The van der Waals surface area contributed by atoms with Crippen LogP contribution < -0.4 is 37.1 Å². The van der Waals surface area contributed by atoms with Crippen LogP contribution in [0.4, 0.5) is 0 Å². The number of aromatic nitrogens is 2. The van der Waals surface area contributed by atoms with Gasteiger partial charge in [-0.15, -0.1) is 0 Å². The Kier molecular flexibility index (Phi) is 6.82. The van der Waals surface area contributed by atoms with E-state index in [9.17, 15) is 0 Å². The highest BCUT2D eigenvalue weighted by atomic mass is 28.3. The highest BCUT2D eigenvalue weighted by Gasteiger charge is 2.51. The topological polar surface area (TPSA) is 9.86 Å². The normalized spacial score (nSPS) is 19.2. The lowest BCUT2D eigenvalue weighted by atomic mass is 9.36. The number of hydrogen-bond acceptors (Lipinski definition) is 0. The van der Waals surface area contributed by atoms with Crippen LogP contribution >= 0.6 is 0 Å². The average molecular weight is 735 g/mol. The monoisotopic (exact) mass is 734 g/mol. The molecule has 1 unspecified atom stereocenters. The summed E-state index contributed by atoms with van der Waals surface area (Å²) < 4.78 is 5.28. The molecule has 0 saturated carbocycles. The number of aryl methyl sites for hydroxylation is 2. The number of nitrogens with zero attached hydrogens (tertiary/aromatic N) is 2. The number of para-hydroxylation sites is 2. The van der Waals surface area contributed by atoms with Crippen molar-refractivity contribution in [2.75, 3.05) is 0 Å². The quantitative estimate of drug-likeness (QED) is 0.173. The van der Waals surface area contributed by atoms with Gasteiger partial charge in [-0.1, -0.05) is 151 Å². The molecular weight excluding hydrogens is 684 g/mol. The van der Waals surface area contributed by atoms with E-state index in [1.165, 1.54) is 94.7 Å². The molecule has 11 rings (SSSR count). The molecule has 0 N–H and O–H groups in total. The fourth-order valence-electron chi connectivity index (χ4n) is 11.7. The van der Waals surface area contributed by atoms with Crippen LogP contribution in [0.5, 0.6) is 0 Å². The van der Waals surface area contributed by atoms with Gasteiger partial charge < -0.3 is 9.13 Å². The molecular formula is C49H51BN2Si2. The van der Waals surface area contributed by atoms with Gasteiger partial charge >= 0.3 is 0 Å². The molecule has 1 atom stereocenters. The van der Waals surface area contributed by atoms with Gasteiger partial charge in [0.2, 0.25) is 6.71 Å². The van der Waals surface area contributed by atoms with E-state index >= 15 is 0 Å². The molecule has 2 nitrogen and oxygen atoms in total. The van der Waals surface area contributed by atoms with E-state index < -0.39 is 16.1 Å². The van der Waals surface area contributed by atoms with Gasteiger partial charge in [-0.3, -0.25) is 0 Å². The summed E-state index contributed by atoms with van der Waals surface area (Å²) in [6.45, 7) is 18.1. The summed E-state index contributed by atoms with van der Waals surface area (Å²) >= 11 is 0. The highest BCUT2D eigenvalue weighted by Crippen LogP contribution is 2.37. The van der Waals surface area contributed by atoms with Crippen molar-refractivity contribution < 1.29 is 0 Å². The molecule has 0 bridgehead atoms. The lowest BCUT2D eigenvalue weighted by molar-refractivity contribution is 0.591. The summed E-state index contributed by atoms with van der Waals surface area (Å²) in [4.78, 5) is 0. The van der Waals surface area contributed by atoms with Crippen molar-refractivity contribution in [3.05, 3.63) is 125 Å². The zero-order chi connectivity index (χ0) is 36.9. The SMILES string of the molecule is CC[Si]1(C)c2cc(-n3c4c(c5ccccc53)CCC4)ccc2B2c3ccc(-n4c5c(c6ccccc64)CCC5)cc3[Si](C)(C)c3cc(C(C)(C)C)cc1c32. The second kappa shape index (κ2) is 11.1. The Labute approximate surface area is 323 Å². The van der Waals surface area contributed by atoms with E-state index in [0.717, 1.165) is 0 Å². The molecule has 5 heteroatoms. The first-order valence-corrected chi connectivity index (χ1v) is 26.4. The standard InChI is InChI=1S/C49H51BN2Si2/c1-8-54(7)45-30-33(52-41-20-12-10-16-35(41)37-18-14-22-43(37)52)24-26-39(45)50-38-25-23-32(51-40-19-11-9-15-34(40)36-17-13-21-42(36)51)29-44(38)53(5,6)46-27-31(49(2,3)4)28-47(54)48(46)50/h9-12,15-16,19-20,23-30H,8,13-14,17-18,21-22H2,1-7H3. The summed E-state index contributed by atoms with van der Waals surface area (Å²) in [6.07, 6.45) is 7.25. The van der Waals surface area contributed by atoms with Crippen molar-refractivity contribution in [1.82, 2.24) is 9.13 Å². The summed E-state index contributed by atoms with van der Waals surface area (Å²) in [5.41, 5.74) is 18.1. The van der Waals surface area contributed by atoms with Crippen LogP contribution in [0.15, 0.2) is 97.1 Å². The Morgan fingerprint density at radius 3 is 1.67 bits per heavy atom. The van der Waals surface area contributed by atoms with Crippen LogP contribution in [0, 0.1) is 0 Å². The average Bonchev–Trinajstić information content (AvgIpc) is 3.96. The fourth-order valence-corrected chi connectivity index (χ4v) is 18.7. The lowest BCUT2D eigenvalue weighted by Gasteiger charge is -2.47. The third kappa shape index (κ3) is 4.23. The van der Waals surface area contributed by atoms with Gasteiger partial charge in [0, 0.05) is 33.5 Å². The Hall–Kier alpha value is -4.32. The maximum atomic E-state index is 2.71. The van der Waals surface area contributed by atoms with Crippen molar-refractivity contribution in [3.8, 4) is 11.4 Å². The van der Waals surface area contributed by atoms with Crippen LogP contribution in [0.1, 0.15) is 68.6 Å². The second-order valence-corrected chi connectivity index (χ2v) is 27.6. The van der Waals surface area contributed by atoms with Crippen LogP contribution in [-0.2, 0) is 31.1 Å². The first-order valence-electron chi connectivity index (χ1n) is 20.7. The summed E-state index contributed by atoms with van der Waals surface area (Å²) in [6, 6.07) is 40.4. The molecule has 268 valence electrons. The molecule has 4 heterocycles. The molecule has 0 radical (unpaired) electrons. The Morgan fingerprint density at radius 1 is 0.593 bits per heavy atom. The van der Waals surface area contributed by atoms with Crippen molar-refractivity contribution in [2.24, 2.45) is 0 Å². The highest BCUT2D eigenvalue weighted by molar-refractivity contribution is 7.21. The Bertz CT molecular complexity index is 2760. The largest absolute Gasteiger partial charge is 0.313 e. The first-order chi connectivity index (χ1) is 26.0. The van der Waals surface area contributed by atoms with Crippen molar-refractivity contribution in [2.45, 2.75) is 97.3 Å². The summed E-state index contributed by atoms with van der Waals surface area (Å²) in [5.74, 6) is 0. The second-order valence-electron chi connectivity index (χ2n) is 18.8. The molecule has 2 aliphatic heterocycles. The third-order valence-electron chi connectivity index (χ3n) is 14.6. The smallest absolute Gasteiger partial charge is 0.240 e. The fraction of sp³-hybridized carbons (Fsp3) is 0.306. The lowest BCUT2D eigenvalue weighted by Crippen LogP contribution is -2.87. The van der Waals surface area contributed by atoms with Crippen LogP contribution in [0.3, 0.4) is 0 Å². The Morgan fingerprint density at radius 2 is 1.11 bits per heavy atom. The van der Waals surface area contributed by atoms with Crippen LogP contribution in [-0.4, -0.2) is 32.0 Å². The van der Waals surface area contributed by atoms with Crippen LogP contribution in [0.25, 0.3) is 33.2 Å². The molecule has 2 aliphatic carbocycles. The minimum atomic E-state index is -2.13. The van der Waals surface area contributed by atoms with Gasteiger partial charge in [-0.2, -0.15) is 0 Å². The van der Waals surface area contributed by atoms with E-state index in [2.05, 4.69) is 154 Å². The first kappa shape index (κ1) is 33.1. The third-order valence-corrected chi connectivity index (χ3v) is 22.8. The zero-order valence-electron chi connectivity index (χ0n) is 33.2. The van der Waals surface area contributed by atoms with Gasteiger partial charge in [-0.05, 0) is 97.0 Å². The van der Waals surface area contributed by atoms with Crippen molar-refractivity contribution in [3.63, 3.8) is 0 Å². The van der Waals surface area contributed by atoms with Gasteiger partial charge in [-0.25, -0.2) is 0 Å². The minimum Gasteiger partial charge on any atom is -0.313 e. The molecule has 2 aromatic heterocycles. The molecule has 4 aliphatic rings. The predicted molar refractivity (Wildman–Crippen MR) is 239 cm³/mol. The number of hydrogen-bond donors (Lipinski definition) is 0. The molecule has 7 aromatic rings. The van der Waals surface area contributed by atoms with Gasteiger partial charge in [0.25, 0.3) is 0 Å². The molecule has 0 saturated heterocycles. The Balaban J connectivity index is 1.19. The predicted octanol–water partition coefficient (Wildman–Crippen LogP) is 7.03. The summed E-state index contributed by atoms with van der Waals surface area (Å²) in [5, 5.41) is 9.60. The van der Waals surface area contributed by atoms with Crippen molar-refractivity contribution in [1.29, 1.82) is 0 Å². The maximum Gasteiger partial charge on any atom is 0.240 e. The number of benzene rings is 5. The zero-order valence-corrected chi connectivity index (χ0v) is 35.2. The van der Waals surface area contributed by atoms with Crippen molar-refractivity contribution >= 4 is 81.8 Å². The van der Waals surface area contributed by atoms with E-state index in [1.807, 2.05) is 0 Å². The van der Waals surface area contributed by atoms with Crippen LogP contribution in [0.2, 0.25) is 25.7 Å². The van der Waals surface area contributed by atoms with Gasteiger partial charge in [0.05, 0.1) is 11.0 Å². The number of rotatable bonds is 3. The number of fused-ring (bicyclic) bond motifs is 10.